The zero-order chi connectivity index (χ0) is 11.0. The molecule has 2 aromatic rings. The zero-order valence-electron chi connectivity index (χ0n) is 9.19. The molecule has 0 bridgehead atoms. The Bertz CT molecular complexity index is 488. The number of aromatic amines is 1. The van der Waals surface area contributed by atoms with Gasteiger partial charge in [-0.15, -0.1) is 0 Å². The highest BCUT2D eigenvalue weighted by Crippen LogP contribution is 2.26. The molecule has 15 heavy (non-hydrogen) atoms. The molecule has 0 aliphatic rings. The average Bonchev–Trinajstić information content (AvgIpc) is 2.60. The van der Waals surface area contributed by atoms with Gasteiger partial charge >= 0.3 is 0 Å². The largest absolute Gasteiger partial charge is 0.357 e. The summed E-state index contributed by atoms with van der Waals surface area (Å²) in [5.74, 6) is 0. The SMILES string of the molecule is CNC(C)c1cc2cc(Br)cc(C)c2[nH]1. The number of H-pyrrole nitrogens is 1. The van der Waals surface area contributed by atoms with Gasteiger partial charge in [0.25, 0.3) is 0 Å². The van der Waals surface area contributed by atoms with Gasteiger partial charge in [-0.05, 0) is 44.7 Å². The van der Waals surface area contributed by atoms with Crippen molar-refractivity contribution in [2.75, 3.05) is 7.05 Å². The fourth-order valence-electron chi connectivity index (χ4n) is 1.79. The van der Waals surface area contributed by atoms with Crippen LogP contribution in [0.1, 0.15) is 24.2 Å². The smallest absolute Gasteiger partial charge is 0.0487 e. The van der Waals surface area contributed by atoms with Gasteiger partial charge in [-0.3, -0.25) is 0 Å². The minimum absolute atomic E-state index is 0.357. The van der Waals surface area contributed by atoms with E-state index in [9.17, 15) is 0 Å². The summed E-state index contributed by atoms with van der Waals surface area (Å²) in [7, 11) is 1.97. The molecule has 1 unspecified atom stereocenters. The van der Waals surface area contributed by atoms with Crippen LogP contribution in [0.15, 0.2) is 22.7 Å². The predicted octanol–water partition coefficient (Wildman–Crippen LogP) is 3.52. The Morgan fingerprint density at radius 2 is 2.07 bits per heavy atom. The summed E-state index contributed by atoms with van der Waals surface area (Å²) in [6, 6.07) is 6.83. The minimum Gasteiger partial charge on any atom is -0.357 e. The van der Waals surface area contributed by atoms with E-state index in [-0.39, 0.29) is 0 Å². The van der Waals surface area contributed by atoms with E-state index < -0.39 is 0 Å². The Morgan fingerprint density at radius 1 is 1.33 bits per heavy atom. The lowest BCUT2D eigenvalue weighted by Crippen LogP contribution is -2.12. The maximum atomic E-state index is 3.52. The Hall–Kier alpha value is -0.800. The Morgan fingerprint density at radius 3 is 2.73 bits per heavy atom. The van der Waals surface area contributed by atoms with Gasteiger partial charge in [-0.1, -0.05) is 15.9 Å². The number of halogens is 1. The Balaban J connectivity index is 2.60. The van der Waals surface area contributed by atoms with Gasteiger partial charge in [0.1, 0.15) is 0 Å². The van der Waals surface area contributed by atoms with Gasteiger partial charge in [0.05, 0.1) is 0 Å². The second-order valence-corrected chi connectivity index (χ2v) is 4.84. The standard InChI is InChI=1S/C12H15BrN2/c1-7-4-10(13)5-9-6-11(8(2)14-3)15-12(7)9/h4-6,8,14-15H,1-3H3. The number of rotatable bonds is 2. The summed E-state index contributed by atoms with van der Waals surface area (Å²) < 4.78 is 1.13. The second kappa shape index (κ2) is 3.99. The topological polar surface area (TPSA) is 27.8 Å². The first-order chi connectivity index (χ1) is 7.11. The highest BCUT2D eigenvalue weighted by molar-refractivity contribution is 9.10. The molecular formula is C12H15BrN2. The van der Waals surface area contributed by atoms with Gasteiger partial charge in [0.15, 0.2) is 0 Å². The van der Waals surface area contributed by atoms with Gasteiger partial charge in [-0.2, -0.15) is 0 Å². The van der Waals surface area contributed by atoms with Crippen molar-refractivity contribution in [2.24, 2.45) is 0 Å². The van der Waals surface area contributed by atoms with E-state index in [0.29, 0.717) is 6.04 Å². The molecule has 2 N–H and O–H groups in total. The fraction of sp³-hybridized carbons (Fsp3) is 0.333. The molecule has 1 atom stereocenters. The minimum atomic E-state index is 0.357. The molecule has 2 rings (SSSR count). The van der Waals surface area contributed by atoms with Crippen LogP contribution in [0, 0.1) is 6.92 Å². The third-order valence-electron chi connectivity index (χ3n) is 2.81. The highest BCUT2D eigenvalue weighted by Gasteiger charge is 2.08. The number of benzene rings is 1. The lowest BCUT2D eigenvalue weighted by atomic mass is 10.1. The Labute approximate surface area is 98.2 Å². The molecule has 3 heteroatoms. The molecule has 1 aromatic heterocycles. The molecule has 0 saturated heterocycles. The maximum Gasteiger partial charge on any atom is 0.0487 e. The van der Waals surface area contributed by atoms with Crippen LogP contribution < -0.4 is 5.32 Å². The van der Waals surface area contributed by atoms with Crippen LogP contribution in [0.5, 0.6) is 0 Å². The lowest BCUT2D eigenvalue weighted by Gasteiger charge is -2.06. The summed E-state index contributed by atoms with van der Waals surface area (Å²) in [6.07, 6.45) is 0. The third kappa shape index (κ3) is 1.94. The predicted molar refractivity (Wildman–Crippen MR) is 68.2 cm³/mol. The first-order valence-corrected chi connectivity index (χ1v) is 5.87. The van der Waals surface area contributed by atoms with Crippen molar-refractivity contribution in [2.45, 2.75) is 19.9 Å². The first kappa shape index (κ1) is 10.7. The molecule has 0 spiro atoms. The molecule has 2 nitrogen and oxygen atoms in total. The van der Waals surface area contributed by atoms with E-state index in [4.69, 9.17) is 0 Å². The summed E-state index contributed by atoms with van der Waals surface area (Å²) in [4.78, 5) is 3.46. The molecule has 0 aliphatic carbocycles. The number of hydrogen-bond donors (Lipinski definition) is 2. The van der Waals surface area contributed by atoms with E-state index in [0.717, 1.165) is 4.47 Å². The number of aromatic nitrogens is 1. The van der Waals surface area contributed by atoms with Crippen molar-refractivity contribution < 1.29 is 0 Å². The zero-order valence-corrected chi connectivity index (χ0v) is 10.8. The molecule has 0 saturated carbocycles. The van der Waals surface area contributed by atoms with Crippen molar-refractivity contribution in [3.05, 3.63) is 33.9 Å². The quantitative estimate of drug-likeness (QED) is 0.856. The van der Waals surface area contributed by atoms with Crippen molar-refractivity contribution in [1.82, 2.24) is 10.3 Å². The van der Waals surface area contributed by atoms with Gasteiger partial charge < -0.3 is 10.3 Å². The van der Waals surface area contributed by atoms with Crippen molar-refractivity contribution in [3.63, 3.8) is 0 Å². The molecule has 0 fully saturated rings. The normalized spacial score (nSPS) is 13.3. The highest BCUT2D eigenvalue weighted by atomic mass is 79.9. The van der Waals surface area contributed by atoms with E-state index in [1.54, 1.807) is 0 Å². The third-order valence-corrected chi connectivity index (χ3v) is 3.27. The van der Waals surface area contributed by atoms with Gasteiger partial charge in [0.2, 0.25) is 0 Å². The van der Waals surface area contributed by atoms with E-state index >= 15 is 0 Å². The van der Waals surface area contributed by atoms with Crippen LogP contribution in [0.25, 0.3) is 10.9 Å². The number of fused-ring (bicyclic) bond motifs is 1. The van der Waals surface area contributed by atoms with Crippen LogP contribution in [0.3, 0.4) is 0 Å². The maximum absolute atomic E-state index is 3.52. The summed E-state index contributed by atoms with van der Waals surface area (Å²) in [6.45, 7) is 4.27. The van der Waals surface area contributed by atoms with Gasteiger partial charge in [-0.25, -0.2) is 0 Å². The monoisotopic (exact) mass is 266 g/mol. The molecule has 80 valence electrons. The van der Waals surface area contributed by atoms with Crippen LogP contribution >= 0.6 is 15.9 Å². The van der Waals surface area contributed by atoms with Crippen molar-refractivity contribution in [1.29, 1.82) is 0 Å². The summed E-state index contributed by atoms with van der Waals surface area (Å²) >= 11 is 3.52. The first-order valence-electron chi connectivity index (χ1n) is 5.08. The molecular weight excluding hydrogens is 252 g/mol. The van der Waals surface area contributed by atoms with E-state index in [1.165, 1.54) is 22.2 Å². The molecule has 0 radical (unpaired) electrons. The number of aryl methyl sites for hydroxylation is 1. The Kier molecular flexibility index (Phi) is 2.85. The molecule has 1 heterocycles. The van der Waals surface area contributed by atoms with E-state index in [2.05, 4.69) is 58.3 Å². The number of nitrogens with one attached hydrogen (secondary N) is 2. The molecule has 0 aliphatic heterocycles. The summed E-state index contributed by atoms with van der Waals surface area (Å²) in [5.41, 5.74) is 3.73. The van der Waals surface area contributed by atoms with E-state index in [1.807, 2.05) is 7.05 Å². The van der Waals surface area contributed by atoms with Gasteiger partial charge in [0, 0.05) is 27.1 Å². The van der Waals surface area contributed by atoms with Crippen molar-refractivity contribution in [3.8, 4) is 0 Å². The van der Waals surface area contributed by atoms with Crippen LogP contribution in [-0.4, -0.2) is 12.0 Å². The number of hydrogen-bond acceptors (Lipinski definition) is 1. The average molecular weight is 267 g/mol. The summed E-state index contributed by atoms with van der Waals surface area (Å²) in [5, 5.41) is 4.50. The molecule has 1 aromatic carbocycles. The van der Waals surface area contributed by atoms with Crippen LogP contribution in [-0.2, 0) is 0 Å². The van der Waals surface area contributed by atoms with Crippen LogP contribution in [0.2, 0.25) is 0 Å². The van der Waals surface area contributed by atoms with Crippen LogP contribution in [0.4, 0.5) is 0 Å². The molecule has 0 amide bonds. The fourth-order valence-corrected chi connectivity index (χ4v) is 2.38. The van der Waals surface area contributed by atoms with Crippen molar-refractivity contribution >= 4 is 26.8 Å². The second-order valence-electron chi connectivity index (χ2n) is 3.92. The lowest BCUT2D eigenvalue weighted by molar-refractivity contribution is 0.638.